The van der Waals surface area contributed by atoms with Crippen LogP contribution in [0.5, 0.6) is 0 Å². The lowest BCUT2D eigenvalue weighted by molar-refractivity contribution is 0.154. The van der Waals surface area contributed by atoms with Crippen molar-refractivity contribution in [2.75, 3.05) is 31.2 Å². The molecule has 5 nitrogen and oxygen atoms in total. The number of ether oxygens (including phenoxy) is 1. The van der Waals surface area contributed by atoms with Gasteiger partial charge in [0.1, 0.15) is 0 Å². The van der Waals surface area contributed by atoms with Gasteiger partial charge < -0.3 is 20.6 Å². The summed E-state index contributed by atoms with van der Waals surface area (Å²) in [5.74, 6) is 0.140. The van der Waals surface area contributed by atoms with Crippen LogP contribution < -0.4 is 10.6 Å². The van der Waals surface area contributed by atoms with Crippen molar-refractivity contribution in [2.24, 2.45) is 10.9 Å². The van der Waals surface area contributed by atoms with E-state index in [4.69, 9.17) is 15.7 Å². The maximum Gasteiger partial charge on any atom is 0.170 e. The zero-order chi connectivity index (χ0) is 14.3. The van der Waals surface area contributed by atoms with Crippen molar-refractivity contribution in [3.05, 3.63) is 29.3 Å². The molecular formula is C14H23N3O2. The topological polar surface area (TPSA) is 71.1 Å². The summed E-state index contributed by atoms with van der Waals surface area (Å²) < 4.78 is 5.38. The Morgan fingerprint density at radius 1 is 1.42 bits per heavy atom. The summed E-state index contributed by atoms with van der Waals surface area (Å²) in [7, 11) is 0. The van der Waals surface area contributed by atoms with Crippen molar-refractivity contribution in [2.45, 2.75) is 20.8 Å². The molecule has 0 atom stereocenters. The van der Waals surface area contributed by atoms with E-state index in [0.717, 1.165) is 36.5 Å². The average Bonchev–Trinajstić information content (AvgIpc) is 2.43. The molecule has 0 aliphatic heterocycles. The Balaban J connectivity index is 2.85. The first kappa shape index (κ1) is 15.3. The molecule has 0 radical (unpaired) electrons. The molecule has 0 amide bonds. The summed E-state index contributed by atoms with van der Waals surface area (Å²) >= 11 is 0. The molecule has 1 aromatic carbocycles. The number of aryl methyl sites for hydroxylation is 1. The smallest absolute Gasteiger partial charge is 0.170 e. The lowest BCUT2D eigenvalue weighted by Gasteiger charge is -2.24. The van der Waals surface area contributed by atoms with Crippen LogP contribution in [0.1, 0.15) is 25.0 Å². The van der Waals surface area contributed by atoms with E-state index in [1.54, 1.807) is 0 Å². The second kappa shape index (κ2) is 7.63. The number of amidine groups is 1. The lowest BCUT2D eigenvalue weighted by atomic mass is 10.1. The molecule has 0 saturated heterocycles. The molecule has 1 rings (SSSR count). The van der Waals surface area contributed by atoms with Crippen molar-refractivity contribution in [1.29, 1.82) is 0 Å². The van der Waals surface area contributed by atoms with Crippen LogP contribution in [0.15, 0.2) is 23.4 Å². The summed E-state index contributed by atoms with van der Waals surface area (Å²) in [5.41, 5.74) is 8.48. The second-order valence-corrected chi connectivity index (χ2v) is 4.26. The highest BCUT2D eigenvalue weighted by Crippen LogP contribution is 2.19. The number of likely N-dealkylation sites (N-methyl/N-ethyl adjacent to an activating group) is 1. The van der Waals surface area contributed by atoms with Crippen LogP contribution in [0, 0.1) is 6.92 Å². The van der Waals surface area contributed by atoms with Gasteiger partial charge in [-0.05, 0) is 44.5 Å². The molecule has 0 aliphatic rings. The number of oxime groups is 1. The summed E-state index contributed by atoms with van der Waals surface area (Å²) in [4.78, 5) is 2.23. The summed E-state index contributed by atoms with van der Waals surface area (Å²) in [5, 5.41) is 11.8. The van der Waals surface area contributed by atoms with E-state index in [2.05, 4.69) is 17.0 Å². The molecule has 106 valence electrons. The number of hydrogen-bond donors (Lipinski definition) is 2. The van der Waals surface area contributed by atoms with E-state index in [0.29, 0.717) is 6.61 Å². The Hall–Kier alpha value is -1.75. The quantitative estimate of drug-likeness (QED) is 0.260. The van der Waals surface area contributed by atoms with Gasteiger partial charge in [-0.15, -0.1) is 0 Å². The molecule has 1 aromatic rings. The highest BCUT2D eigenvalue weighted by molar-refractivity contribution is 5.98. The first-order chi connectivity index (χ1) is 9.13. The van der Waals surface area contributed by atoms with Crippen molar-refractivity contribution in [3.8, 4) is 0 Å². The maximum atomic E-state index is 8.72. The van der Waals surface area contributed by atoms with Gasteiger partial charge in [-0.3, -0.25) is 0 Å². The van der Waals surface area contributed by atoms with Crippen LogP contribution in [-0.2, 0) is 4.74 Å². The fourth-order valence-corrected chi connectivity index (χ4v) is 1.97. The molecule has 3 N–H and O–H groups in total. The molecule has 19 heavy (non-hydrogen) atoms. The number of hydrogen-bond acceptors (Lipinski definition) is 4. The van der Waals surface area contributed by atoms with E-state index < -0.39 is 0 Å². The molecule has 0 aromatic heterocycles. The predicted octanol–water partition coefficient (Wildman–Crippen LogP) is 1.95. The van der Waals surface area contributed by atoms with Crippen LogP contribution in [-0.4, -0.2) is 37.3 Å². The normalized spacial score (nSPS) is 11.6. The van der Waals surface area contributed by atoms with Crippen LogP contribution in [0.3, 0.4) is 0 Å². The third-order valence-corrected chi connectivity index (χ3v) is 3.05. The monoisotopic (exact) mass is 265 g/mol. The Morgan fingerprint density at radius 3 is 2.68 bits per heavy atom. The van der Waals surface area contributed by atoms with E-state index >= 15 is 0 Å². The molecule has 5 heteroatoms. The van der Waals surface area contributed by atoms with E-state index in [1.807, 2.05) is 32.0 Å². The number of benzene rings is 1. The third kappa shape index (κ3) is 4.13. The Morgan fingerprint density at radius 2 is 2.16 bits per heavy atom. The van der Waals surface area contributed by atoms with Crippen LogP contribution >= 0.6 is 0 Å². The minimum Gasteiger partial charge on any atom is -0.409 e. The van der Waals surface area contributed by atoms with Crippen molar-refractivity contribution >= 4 is 11.5 Å². The van der Waals surface area contributed by atoms with Gasteiger partial charge in [0.15, 0.2) is 5.84 Å². The predicted molar refractivity (Wildman–Crippen MR) is 78.1 cm³/mol. The van der Waals surface area contributed by atoms with Crippen LogP contribution in [0.2, 0.25) is 0 Å². The average molecular weight is 265 g/mol. The SMILES string of the molecule is CCOCCN(CC)c1ccc(/C(N)=N/O)c(C)c1. The maximum absolute atomic E-state index is 8.72. The van der Waals surface area contributed by atoms with E-state index in [9.17, 15) is 0 Å². The first-order valence-electron chi connectivity index (χ1n) is 6.55. The van der Waals surface area contributed by atoms with Gasteiger partial charge in [-0.1, -0.05) is 5.16 Å². The largest absolute Gasteiger partial charge is 0.409 e. The zero-order valence-corrected chi connectivity index (χ0v) is 11.9. The highest BCUT2D eigenvalue weighted by atomic mass is 16.5. The fourth-order valence-electron chi connectivity index (χ4n) is 1.97. The van der Waals surface area contributed by atoms with E-state index in [-0.39, 0.29) is 5.84 Å². The number of anilines is 1. The highest BCUT2D eigenvalue weighted by Gasteiger charge is 2.08. The van der Waals surface area contributed by atoms with Gasteiger partial charge in [-0.25, -0.2) is 0 Å². The number of rotatable bonds is 7. The van der Waals surface area contributed by atoms with Crippen LogP contribution in [0.25, 0.3) is 0 Å². The Kier molecular flexibility index (Phi) is 6.15. The van der Waals surface area contributed by atoms with Gasteiger partial charge in [0.25, 0.3) is 0 Å². The molecule has 0 unspecified atom stereocenters. The summed E-state index contributed by atoms with van der Waals surface area (Å²) in [6.45, 7) is 9.27. The standard InChI is InChI=1S/C14H23N3O2/c1-4-17(8-9-19-5-2)12-6-7-13(11(3)10-12)14(15)16-18/h6-7,10,18H,4-5,8-9H2,1-3H3,(H2,15,16). The molecular weight excluding hydrogens is 242 g/mol. The van der Waals surface area contributed by atoms with Gasteiger partial charge in [-0.2, -0.15) is 0 Å². The summed E-state index contributed by atoms with van der Waals surface area (Å²) in [6.07, 6.45) is 0. The van der Waals surface area contributed by atoms with Crippen LogP contribution in [0.4, 0.5) is 5.69 Å². The summed E-state index contributed by atoms with van der Waals surface area (Å²) in [6, 6.07) is 5.90. The molecule has 0 heterocycles. The Labute approximate surface area is 114 Å². The fraction of sp³-hybridized carbons (Fsp3) is 0.500. The third-order valence-electron chi connectivity index (χ3n) is 3.05. The minimum atomic E-state index is 0.140. The molecule has 0 fully saturated rings. The molecule has 0 spiro atoms. The Bertz CT molecular complexity index is 433. The first-order valence-corrected chi connectivity index (χ1v) is 6.55. The van der Waals surface area contributed by atoms with Crippen molar-refractivity contribution < 1.29 is 9.94 Å². The van der Waals surface area contributed by atoms with E-state index in [1.165, 1.54) is 0 Å². The second-order valence-electron chi connectivity index (χ2n) is 4.26. The van der Waals surface area contributed by atoms with Gasteiger partial charge in [0.05, 0.1) is 6.61 Å². The zero-order valence-electron chi connectivity index (χ0n) is 11.9. The molecule has 0 aliphatic carbocycles. The van der Waals surface area contributed by atoms with Gasteiger partial charge >= 0.3 is 0 Å². The van der Waals surface area contributed by atoms with Crippen molar-refractivity contribution in [1.82, 2.24) is 0 Å². The van der Waals surface area contributed by atoms with Gasteiger partial charge in [0.2, 0.25) is 0 Å². The molecule has 0 saturated carbocycles. The molecule has 0 bridgehead atoms. The van der Waals surface area contributed by atoms with Crippen molar-refractivity contribution in [3.63, 3.8) is 0 Å². The lowest BCUT2D eigenvalue weighted by Crippen LogP contribution is -2.27. The number of nitrogens with zero attached hydrogens (tertiary/aromatic N) is 2. The minimum absolute atomic E-state index is 0.140. The van der Waals surface area contributed by atoms with Gasteiger partial charge in [0, 0.05) is 30.9 Å². The number of nitrogens with two attached hydrogens (primary N) is 1.